The Morgan fingerprint density at radius 3 is 1.88 bits per heavy atom. The Bertz CT molecular complexity index is 1170. The normalized spacial score (nSPS) is 11.0. The van der Waals surface area contributed by atoms with Crippen LogP contribution in [0.3, 0.4) is 0 Å². The van der Waals surface area contributed by atoms with Crippen molar-refractivity contribution in [1.82, 2.24) is 9.97 Å². The summed E-state index contributed by atoms with van der Waals surface area (Å²) in [5, 5.41) is 0.519. The van der Waals surface area contributed by atoms with Gasteiger partial charge >= 0.3 is 0 Å². The fourth-order valence-electron chi connectivity index (χ4n) is 3.46. The van der Waals surface area contributed by atoms with Crippen LogP contribution in [0.1, 0.15) is 23.0 Å². The predicted molar refractivity (Wildman–Crippen MR) is 105 cm³/mol. The van der Waals surface area contributed by atoms with E-state index in [0.29, 0.717) is 11.1 Å². The largest absolute Gasteiger partial charge is 0.356 e. The number of aromatic amines is 2. The van der Waals surface area contributed by atoms with E-state index in [2.05, 4.69) is 9.97 Å². The first-order valence-corrected chi connectivity index (χ1v) is 8.48. The third-order valence-electron chi connectivity index (χ3n) is 4.62. The van der Waals surface area contributed by atoms with Crippen molar-refractivity contribution in [3.05, 3.63) is 82.1 Å². The van der Waals surface area contributed by atoms with Gasteiger partial charge in [-0.25, -0.2) is 0 Å². The van der Waals surface area contributed by atoms with E-state index in [1.165, 1.54) is 6.92 Å². The van der Waals surface area contributed by atoms with Crippen LogP contribution in [0.4, 0.5) is 0 Å². The summed E-state index contributed by atoms with van der Waals surface area (Å²) in [6.45, 7) is 3.19. The number of carbonyl (C=O) groups is 1. The zero-order valence-electron chi connectivity index (χ0n) is 14.6. The molecular weight excluding hydrogens is 324 g/mol. The van der Waals surface area contributed by atoms with E-state index in [1.54, 1.807) is 6.92 Å². The molecule has 0 saturated carbocycles. The topological polar surface area (TPSA) is 65.7 Å². The van der Waals surface area contributed by atoms with Gasteiger partial charge in [0.25, 0.3) is 0 Å². The molecule has 26 heavy (non-hydrogen) atoms. The predicted octanol–water partition coefficient (Wildman–Crippen LogP) is 4.70. The van der Waals surface area contributed by atoms with Gasteiger partial charge in [-0.05, 0) is 19.4 Å². The van der Waals surface area contributed by atoms with Crippen LogP contribution in [0.5, 0.6) is 0 Å². The quantitative estimate of drug-likeness (QED) is 0.530. The summed E-state index contributed by atoms with van der Waals surface area (Å²) in [6, 6.07) is 19.5. The number of fused-ring (bicyclic) bond motifs is 1. The van der Waals surface area contributed by atoms with Crippen molar-refractivity contribution < 1.29 is 4.79 Å². The molecule has 4 heteroatoms. The van der Waals surface area contributed by atoms with Crippen molar-refractivity contribution in [2.24, 2.45) is 0 Å². The molecule has 2 aromatic carbocycles. The molecule has 4 rings (SSSR count). The van der Waals surface area contributed by atoms with Crippen LogP contribution in [0, 0.1) is 6.92 Å². The average molecular weight is 342 g/mol. The Morgan fingerprint density at radius 1 is 0.808 bits per heavy atom. The molecule has 4 aromatic rings. The third kappa shape index (κ3) is 2.47. The number of ketones is 1. The van der Waals surface area contributed by atoms with E-state index in [-0.39, 0.29) is 16.8 Å². The molecule has 0 fully saturated rings. The van der Waals surface area contributed by atoms with Crippen molar-refractivity contribution in [3.8, 4) is 22.5 Å². The lowest BCUT2D eigenvalue weighted by molar-refractivity contribution is 0.101. The fourth-order valence-corrected chi connectivity index (χ4v) is 3.46. The molecule has 0 unspecified atom stereocenters. The van der Waals surface area contributed by atoms with Gasteiger partial charge in [0, 0.05) is 11.3 Å². The summed E-state index contributed by atoms with van der Waals surface area (Å²) in [5.74, 6) is -0.230. The van der Waals surface area contributed by atoms with E-state index in [9.17, 15) is 9.59 Å². The third-order valence-corrected chi connectivity index (χ3v) is 4.62. The standard InChI is InChI=1S/C22H18N2O2/c1-13-17(14(2)25)22(26)18-19(15-9-5-3-6-10-15)24-20(21(18)23-13)16-11-7-4-8-12-16/h3-12,23-24H,1-2H3. The molecule has 0 aliphatic rings. The lowest BCUT2D eigenvalue weighted by Gasteiger charge is -2.05. The van der Waals surface area contributed by atoms with Crippen LogP contribution in [0.2, 0.25) is 0 Å². The number of carbonyl (C=O) groups excluding carboxylic acids is 1. The molecule has 0 radical (unpaired) electrons. The van der Waals surface area contributed by atoms with Gasteiger partial charge in [0.1, 0.15) is 0 Å². The molecule has 4 nitrogen and oxygen atoms in total. The molecule has 0 aliphatic heterocycles. The zero-order valence-corrected chi connectivity index (χ0v) is 14.6. The number of benzene rings is 2. The second kappa shape index (κ2) is 6.15. The minimum atomic E-state index is -0.235. The number of aromatic nitrogens is 2. The van der Waals surface area contributed by atoms with Crippen molar-refractivity contribution in [1.29, 1.82) is 0 Å². The molecule has 0 bridgehead atoms. The lowest BCUT2D eigenvalue weighted by Crippen LogP contribution is -2.16. The van der Waals surface area contributed by atoms with E-state index in [0.717, 1.165) is 28.0 Å². The summed E-state index contributed by atoms with van der Waals surface area (Å²) in [7, 11) is 0. The van der Waals surface area contributed by atoms with Gasteiger partial charge in [-0.2, -0.15) is 0 Å². The summed E-state index contributed by atoms with van der Waals surface area (Å²) in [4.78, 5) is 31.9. The Balaban J connectivity index is 2.16. The van der Waals surface area contributed by atoms with Crippen LogP contribution in [-0.4, -0.2) is 15.8 Å². The number of rotatable bonds is 3. The first-order valence-electron chi connectivity index (χ1n) is 8.48. The minimum Gasteiger partial charge on any atom is -0.356 e. The zero-order chi connectivity index (χ0) is 18.3. The average Bonchev–Trinajstić information content (AvgIpc) is 3.02. The first kappa shape index (κ1) is 16.1. The summed E-state index contributed by atoms with van der Waals surface area (Å²) >= 11 is 0. The maximum atomic E-state index is 13.2. The van der Waals surface area contributed by atoms with Gasteiger partial charge in [-0.3, -0.25) is 9.59 Å². The number of pyridine rings is 1. The monoisotopic (exact) mass is 342 g/mol. The minimum absolute atomic E-state index is 0.216. The number of Topliss-reactive ketones (excluding diaryl/α,β-unsaturated/α-hetero) is 1. The number of H-pyrrole nitrogens is 2. The van der Waals surface area contributed by atoms with Gasteiger partial charge in [0.2, 0.25) is 5.43 Å². The van der Waals surface area contributed by atoms with Gasteiger partial charge < -0.3 is 9.97 Å². The van der Waals surface area contributed by atoms with Gasteiger partial charge in [0.15, 0.2) is 5.78 Å². The molecule has 2 N–H and O–H groups in total. The van der Waals surface area contributed by atoms with Crippen LogP contribution < -0.4 is 5.43 Å². The van der Waals surface area contributed by atoms with Crippen LogP contribution >= 0.6 is 0 Å². The maximum Gasteiger partial charge on any atom is 0.202 e. The van der Waals surface area contributed by atoms with Gasteiger partial charge in [-0.15, -0.1) is 0 Å². The molecule has 0 saturated heterocycles. The SMILES string of the molecule is CC(=O)c1c(C)[nH]c2c(-c3ccccc3)[nH]c(-c3ccccc3)c2c1=O. The van der Waals surface area contributed by atoms with E-state index in [4.69, 9.17) is 0 Å². The maximum absolute atomic E-state index is 13.2. The number of hydrogen-bond donors (Lipinski definition) is 2. The Labute approximate surface area is 150 Å². The number of nitrogens with one attached hydrogen (secondary N) is 2. The summed E-state index contributed by atoms with van der Waals surface area (Å²) in [5.41, 5.74) is 4.74. The highest BCUT2D eigenvalue weighted by molar-refractivity contribution is 6.06. The van der Waals surface area contributed by atoms with Crippen molar-refractivity contribution >= 4 is 16.7 Å². The molecular formula is C22H18N2O2. The van der Waals surface area contributed by atoms with Crippen molar-refractivity contribution in [2.45, 2.75) is 13.8 Å². The Kier molecular flexibility index (Phi) is 3.81. The van der Waals surface area contributed by atoms with Crippen molar-refractivity contribution in [3.63, 3.8) is 0 Å². The molecule has 2 aromatic heterocycles. The Morgan fingerprint density at radius 2 is 1.35 bits per heavy atom. The van der Waals surface area contributed by atoms with E-state index >= 15 is 0 Å². The lowest BCUT2D eigenvalue weighted by atomic mass is 10.0. The molecule has 2 heterocycles. The smallest absolute Gasteiger partial charge is 0.202 e. The number of hydrogen-bond acceptors (Lipinski definition) is 2. The summed E-state index contributed by atoms with van der Waals surface area (Å²) < 4.78 is 0. The van der Waals surface area contributed by atoms with Crippen molar-refractivity contribution in [2.75, 3.05) is 0 Å². The highest BCUT2D eigenvalue weighted by Gasteiger charge is 2.21. The van der Waals surface area contributed by atoms with Gasteiger partial charge in [0.05, 0.1) is 27.9 Å². The molecule has 128 valence electrons. The summed E-state index contributed by atoms with van der Waals surface area (Å²) in [6.07, 6.45) is 0. The second-order valence-corrected chi connectivity index (χ2v) is 6.37. The highest BCUT2D eigenvalue weighted by atomic mass is 16.1. The molecule has 0 spiro atoms. The second-order valence-electron chi connectivity index (χ2n) is 6.37. The van der Waals surface area contributed by atoms with Crippen LogP contribution in [-0.2, 0) is 0 Å². The molecule has 0 aliphatic carbocycles. The molecule has 0 amide bonds. The Hall–Kier alpha value is -3.40. The van der Waals surface area contributed by atoms with E-state index < -0.39 is 0 Å². The fraction of sp³-hybridized carbons (Fsp3) is 0.0909. The first-order chi connectivity index (χ1) is 12.6. The van der Waals surface area contributed by atoms with Crippen LogP contribution in [0.15, 0.2) is 65.5 Å². The van der Waals surface area contributed by atoms with Gasteiger partial charge in [-0.1, -0.05) is 60.7 Å². The highest BCUT2D eigenvalue weighted by Crippen LogP contribution is 2.33. The number of aryl methyl sites for hydroxylation is 1. The van der Waals surface area contributed by atoms with Crippen LogP contribution in [0.25, 0.3) is 33.4 Å². The molecule has 0 atom stereocenters. The van der Waals surface area contributed by atoms with E-state index in [1.807, 2.05) is 60.7 Å².